The van der Waals surface area contributed by atoms with Gasteiger partial charge in [0.25, 0.3) is 0 Å². The molecule has 0 heterocycles. The van der Waals surface area contributed by atoms with Crippen LogP contribution < -0.4 is 0 Å². The molecule has 0 bridgehead atoms. The average Bonchev–Trinajstić information content (AvgIpc) is 2.36. The number of hydrogen-bond donors (Lipinski definition) is 0. The first-order valence-corrected chi connectivity index (χ1v) is 5.72. The SMILES string of the molecule is C=Cc1ccc(COC(C)OC(=O)C(=C)C)cc1. The number of rotatable bonds is 6. The lowest BCUT2D eigenvalue weighted by molar-refractivity contribution is -0.172. The minimum absolute atomic E-state index is 0.362. The van der Waals surface area contributed by atoms with Crippen LogP contribution in [-0.2, 0) is 20.9 Å². The quantitative estimate of drug-likeness (QED) is 0.439. The molecule has 1 rings (SSSR count). The maximum absolute atomic E-state index is 11.2. The van der Waals surface area contributed by atoms with Crippen LogP contribution in [-0.4, -0.2) is 12.3 Å². The van der Waals surface area contributed by atoms with Crippen LogP contribution in [0.1, 0.15) is 25.0 Å². The Morgan fingerprint density at radius 3 is 2.50 bits per heavy atom. The summed E-state index contributed by atoms with van der Waals surface area (Å²) in [6.45, 7) is 10.9. The van der Waals surface area contributed by atoms with Crippen LogP contribution in [0.5, 0.6) is 0 Å². The Labute approximate surface area is 108 Å². The van der Waals surface area contributed by atoms with Crippen molar-refractivity contribution in [1.29, 1.82) is 0 Å². The van der Waals surface area contributed by atoms with Gasteiger partial charge in [0, 0.05) is 5.57 Å². The molecule has 0 spiro atoms. The van der Waals surface area contributed by atoms with Gasteiger partial charge in [-0.05, 0) is 25.0 Å². The molecule has 0 aromatic heterocycles. The summed E-state index contributed by atoms with van der Waals surface area (Å²) < 4.78 is 10.4. The van der Waals surface area contributed by atoms with E-state index in [1.165, 1.54) is 0 Å². The van der Waals surface area contributed by atoms with Crippen molar-refractivity contribution in [3.05, 3.63) is 54.1 Å². The van der Waals surface area contributed by atoms with Crippen LogP contribution in [0, 0.1) is 0 Å². The van der Waals surface area contributed by atoms with Crippen molar-refractivity contribution in [3.8, 4) is 0 Å². The molecule has 1 aromatic rings. The highest BCUT2D eigenvalue weighted by molar-refractivity contribution is 5.86. The van der Waals surface area contributed by atoms with E-state index in [2.05, 4.69) is 13.2 Å². The maximum atomic E-state index is 11.2. The van der Waals surface area contributed by atoms with Crippen molar-refractivity contribution in [2.75, 3.05) is 0 Å². The molecule has 0 amide bonds. The van der Waals surface area contributed by atoms with Crippen LogP contribution in [0.2, 0.25) is 0 Å². The van der Waals surface area contributed by atoms with Gasteiger partial charge in [-0.1, -0.05) is 43.5 Å². The molecular formula is C15H18O3. The maximum Gasteiger partial charge on any atom is 0.335 e. The number of ether oxygens (including phenoxy) is 2. The first kappa shape index (κ1) is 14.2. The first-order valence-electron chi connectivity index (χ1n) is 5.72. The molecule has 3 heteroatoms. The van der Waals surface area contributed by atoms with Crippen LogP contribution in [0.25, 0.3) is 6.08 Å². The monoisotopic (exact) mass is 246 g/mol. The third-order valence-electron chi connectivity index (χ3n) is 2.32. The summed E-state index contributed by atoms with van der Waals surface area (Å²) in [6.07, 6.45) is 1.19. The Kier molecular flexibility index (Phi) is 5.33. The Balaban J connectivity index is 2.42. The number of carbonyl (C=O) groups excluding carboxylic acids is 1. The molecule has 1 unspecified atom stereocenters. The first-order chi connectivity index (χ1) is 8.52. The Morgan fingerprint density at radius 2 is 2.00 bits per heavy atom. The minimum atomic E-state index is -0.590. The molecule has 0 saturated heterocycles. The Hall–Kier alpha value is -1.87. The topological polar surface area (TPSA) is 35.5 Å². The summed E-state index contributed by atoms with van der Waals surface area (Å²) in [6, 6.07) is 7.81. The van der Waals surface area contributed by atoms with E-state index in [0.29, 0.717) is 12.2 Å². The second kappa shape index (κ2) is 6.77. The summed E-state index contributed by atoms with van der Waals surface area (Å²) in [5.41, 5.74) is 2.43. The fourth-order valence-electron chi connectivity index (χ4n) is 1.25. The van der Waals surface area contributed by atoms with Gasteiger partial charge in [-0.3, -0.25) is 0 Å². The van der Waals surface area contributed by atoms with E-state index in [4.69, 9.17) is 9.47 Å². The summed E-state index contributed by atoms with van der Waals surface area (Å²) in [5, 5.41) is 0. The number of benzene rings is 1. The van der Waals surface area contributed by atoms with Gasteiger partial charge in [0.05, 0.1) is 6.61 Å². The van der Waals surface area contributed by atoms with Gasteiger partial charge < -0.3 is 9.47 Å². The highest BCUT2D eigenvalue weighted by atomic mass is 16.7. The highest BCUT2D eigenvalue weighted by Gasteiger charge is 2.09. The van der Waals surface area contributed by atoms with E-state index in [9.17, 15) is 4.79 Å². The van der Waals surface area contributed by atoms with Gasteiger partial charge in [-0.25, -0.2) is 4.79 Å². The smallest absolute Gasteiger partial charge is 0.335 e. The summed E-state index contributed by atoms with van der Waals surface area (Å²) >= 11 is 0. The second-order valence-electron chi connectivity index (χ2n) is 4.01. The molecule has 0 aliphatic carbocycles. The zero-order valence-corrected chi connectivity index (χ0v) is 10.8. The van der Waals surface area contributed by atoms with E-state index in [1.807, 2.05) is 24.3 Å². The molecule has 0 aliphatic heterocycles. The van der Waals surface area contributed by atoms with Crippen molar-refractivity contribution in [3.63, 3.8) is 0 Å². The number of hydrogen-bond acceptors (Lipinski definition) is 3. The lowest BCUT2D eigenvalue weighted by Gasteiger charge is -2.14. The van der Waals surface area contributed by atoms with Crippen LogP contribution >= 0.6 is 0 Å². The molecule has 1 aromatic carbocycles. The van der Waals surface area contributed by atoms with E-state index < -0.39 is 12.3 Å². The Bertz CT molecular complexity index is 432. The third-order valence-corrected chi connectivity index (χ3v) is 2.32. The number of carbonyl (C=O) groups is 1. The molecule has 0 fully saturated rings. The predicted octanol–water partition coefficient (Wildman–Crippen LogP) is 3.31. The zero-order chi connectivity index (χ0) is 13.5. The van der Waals surface area contributed by atoms with E-state index in [1.54, 1.807) is 19.9 Å². The fraction of sp³-hybridized carbons (Fsp3) is 0.267. The summed E-state index contributed by atoms with van der Waals surface area (Å²) in [7, 11) is 0. The summed E-state index contributed by atoms with van der Waals surface area (Å²) in [4.78, 5) is 11.2. The van der Waals surface area contributed by atoms with Crippen molar-refractivity contribution in [1.82, 2.24) is 0 Å². The molecule has 0 saturated carbocycles. The molecule has 0 radical (unpaired) electrons. The van der Waals surface area contributed by atoms with Gasteiger partial charge in [-0.2, -0.15) is 0 Å². The van der Waals surface area contributed by atoms with Crippen molar-refractivity contribution in [2.24, 2.45) is 0 Å². The van der Waals surface area contributed by atoms with Crippen molar-refractivity contribution >= 4 is 12.0 Å². The largest absolute Gasteiger partial charge is 0.433 e. The standard InChI is InChI=1S/C15H18O3/c1-5-13-6-8-14(9-7-13)10-17-12(4)18-15(16)11(2)3/h5-9,12H,1-2,10H2,3-4H3. The van der Waals surface area contributed by atoms with Crippen LogP contribution in [0.15, 0.2) is 43.0 Å². The van der Waals surface area contributed by atoms with Crippen molar-refractivity contribution < 1.29 is 14.3 Å². The normalized spacial score (nSPS) is 11.7. The molecule has 3 nitrogen and oxygen atoms in total. The molecule has 0 N–H and O–H groups in total. The van der Waals surface area contributed by atoms with Crippen molar-refractivity contribution in [2.45, 2.75) is 26.7 Å². The second-order valence-corrected chi connectivity index (χ2v) is 4.01. The highest BCUT2D eigenvalue weighted by Crippen LogP contribution is 2.09. The lowest BCUT2D eigenvalue weighted by atomic mass is 10.1. The molecule has 96 valence electrons. The predicted molar refractivity (Wildman–Crippen MR) is 71.7 cm³/mol. The van der Waals surface area contributed by atoms with Gasteiger partial charge in [0.1, 0.15) is 0 Å². The van der Waals surface area contributed by atoms with E-state index >= 15 is 0 Å². The van der Waals surface area contributed by atoms with E-state index in [-0.39, 0.29) is 0 Å². The zero-order valence-electron chi connectivity index (χ0n) is 10.8. The number of esters is 1. The van der Waals surface area contributed by atoms with Crippen LogP contribution in [0.3, 0.4) is 0 Å². The van der Waals surface area contributed by atoms with Gasteiger partial charge in [0.2, 0.25) is 6.29 Å². The van der Waals surface area contributed by atoms with Crippen LogP contribution in [0.4, 0.5) is 0 Å². The molecular weight excluding hydrogens is 228 g/mol. The molecule has 18 heavy (non-hydrogen) atoms. The van der Waals surface area contributed by atoms with Gasteiger partial charge in [0.15, 0.2) is 0 Å². The molecule has 1 atom stereocenters. The minimum Gasteiger partial charge on any atom is -0.433 e. The van der Waals surface area contributed by atoms with Gasteiger partial charge in [-0.15, -0.1) is 0 Å². The summed E-state index contributed by atoms with van der Waals surface area (Å²) in [5.74, 6) is -0.440. The van der Waals surface area contributed by atoms with Gasteiger partial charge >= 0.3 is 5.97 Å². The fourth-order valence-corrected chi connectivity index (χ4v) is 1.25. The average molecular weight is 246 g/mol. The third kappa shape index (κ3) is 4.55. The molecule has 0 aliphatic rings. The Morgan fingerprint density at radius 1 is 1.39 bits per heavy atom. The van der Waals surface area contributed by atoms with E-state index in [0.717, 1.165) is 11.1 Å². The lowest BCUT2D eigenvalue weighted by Crippen LogP contribution is -2.18.